The molecule has 0 unspecified atom stereocenters. The Kier molecular flexibility index (Phi) is 2.59. The van der Waals surface area contributed by atoms with Gasteiger partial charge >= 0.3 is 0 Å². The van der Waals surface area contributed by atoms with Crippen LogP contribution in [0.3, 0.4) is 0 Å². The van der Waals surface area contributed by atoms with Crippen LogP contribution in [-0.4, -0.2) is 9.97 Å². The Morgan fingerprint density at radius 3 is 2.50 bits per heavy atom. The van der Waals surface area contributed by atoms with Gasteiger partial charge < -0.3 is 0 Å². The van der Waals surface area contributed by atoms with E-state index in [1.54, 1.807) is 6.19 Å². The van der Waals surface area contributed by atoms with E-state index in [0.717, 1.165) is 0 Å². The molecule has 0 saturated heterocycles. The van der Waals surface area contributed by atoms with Crippen molar-refractivity contribution in [3.05, 3.63) is 18.0 Å². The average molecular weight is 188 g/mol. The van der Waals surface area contributed by atoms with Crippen molar-refractivity contribution in [3.63, 3.8) is 0 Å². The molecular formula is C10H12N4. The summed E-state index contributed by atoms with van der Waals surface area (Å²) in [6, 6.07) is 0. The monoisotopic (exact) mass is 188 g/mol. The van der Waals surface area contributed by atoms with Gasteiger partial charge in [0.1, 0.15) is 0 Å². The zero-order chi connectivity index (χ0) is 9.80. The Labute approximate surface area is 83.0 Å². The van der Waals surface area contributed by atoms with E-state index in [1.165, 1.54) is 31.2 Å². The molecule has 0 amide bonds. The van der Waals surface area contributed by atoms with Gasteiger partial charge in [-0.15, -0.1) is 0 Å². The Balaban J connectivity index is 2.09. The summed E-state index contributed by atoms with van der Waals surface area (Å²) in [5, 5.41) is 10.8. The van der Waals surface area contributed by atoms with Crippen molar-refractivity contribution in [3.8, 4) is 6.19 Å². The topological polar surface area (TPSA) is 61.6 Å². The molecule has 4 nitrogen and oxygen atoms in total. The Morgan fingerprint density at radius 2 is 1.93 bits per heavy atom. The van der Waals surface area contributed by atoms with Gasteiger partial charge in [0.15, 0.2) is 6.19 Å². The van der Waals surface area contributed by atoms with Crippen molar-refractivity contribution in [1.82, 2.24) is 9.97 Å². The molecule has 72 valence electrons. The molecule has 0 aromatic carbocycles. The van der Waals surface area contributed by atoms with Crippen LogP contribution >= 0.6 is 0 Å². The predicted molar refractivity (Wildman–Crippen MR) is 52.5 cm³/mol. The molecule has 0 bridgehead atoms. The first kappa shape index (κ1) is 8.95. The summed E-state index contributed by atoms with van der Waals surface area (Å²) in [7, 11) is 0. The molecule has 1 aromatic rings. The second kappa shape index (κ2) is 4.05. The summed E-state index contributed by atoms with van der Waals surface area (Å²) in [5.41, 5.74) is 1.20. The number of rotatable bonds is 2. The lowest BCUT2D eigenvalue weighted by Gasteiger charge is -2.07. The molecule has 14 heavy (non-hydrogen) atoms. The number of hydrogen-bond donors (Lipinski definition) is 1. The van der Waals surface area contributed by atoms with E-state index < -0.39 is 0 Å². The van der Waals surface area contributed by atoms with E-state index in [0.29, 0.717) is 11.9 Å². The SMILES string of the molecule is N#CNc1ncc(C2CCCC2)cn1. The van der Waals surface area contributed by atoms with Crippen molar-refractivity contribution in [2.24, 2.45) is 0 Å². The molecule has 0 aliphatic heterocycles. The molecule has 1 fully saturated rings. The van der Waals surface area contributed by atoms with Crippen LogP contribution in [0.15, 0.2) is 12.4 Å². The first-order valence-corrected chi connectivity index (χ1v) is 4.87. The molecule has 2 rings (SSSR count). The van der Waals surface area contributed by atoms with Gasteiger partial charge in [-0.1, -0.05) is 12.8 Å². The summed E-state index contributed by atoms with van der Waals surface area (Å²) in [6.07, 6.45) is 10.5. The molecule has 1 heterocycles. The van der Waals surface area contributed by atoms with E-state index >= 15 is 0 Å². The predicted octanol–water partition coefficient (Wildman–Crippen LogP) is 2.03. The highest BCUT2D eigenvalue weighted by Gasteiger charge is 2.17. The van der Waals surface area contributed by atoms with Crippen LogP contribution in [0.25, 0.3) is 0 Å². The van der Waals surface area contributed by atoms with Crippen LogP contribution in [-0.2, 0) is 0 Å². The fourth-order valence-electron chi connectivity index (χ4n) is 1.92. The molecule has 1 aliphatic rings. The standard InChI is InChI=1S/C10H12N4/c11-7-14-10-12-5-9(6-13-10)8-3-1-2-4-8/h5-6,8H,1-4H2,(H,12,13,14). The summed E-state index contributed by atoms with van der Waals surface area (Å²) in [6.45, 7) is 0. The van der Waals surface area contributed by atoms with Gasteiger partial charge in [0.2, 0.25) is 5.95 Å². The van der Waals surface area contributed by atoms with E-state index in [4.69, 9.17) is 5.26 Å². The summed E-state index contributed by atoms with van der Waals surface area (Å²) in [5.74, 6) is 1.01. The average Bonchev–Trinajstić information content (AvgIpc) is 2.72. The summed E-state index contributed by atoms with van der Waals surface area (Å²) < 4.78 is 0. The van der Waals surface area contributed by atoms with Crippen LogP contribution in [0, 0.1) is 11.5 Å². The largest absolute Gasteiger partial charge is 0.261 e. The van der Waals surface area contributed by atoms with Crippen LogP contribution < -0.4 is 5.32 Å². The Hall–Kier alpha value is -1.63. The molecule has 0 radical (unpaired) electrons. The Bertz CT molecular complexity index is 332. The lowest BCUT2D eigenvalue weighted by molar-refractivity contribution is 0.714. The van der Waals surface area contributed by atoms with E-state index in [2.05, 4.69) is 15.3 Å². The van der Waals surface area contributed by atoms with Gasteiger partial charge in [-0.2, -0.15) is 5.26 Å². The van der Waals surface area contributed by atoms with Gasteiger partial charge in [-0.05, 0) is 24.3 Å². The van der Waals surface area contributed by atoms with Gasteiger partial charge in [-0.3, -0.25) is 5.32 Å². The first-order valence-electron chi connectivity index (χ1n) is 4.87. The molecule has 1 saturated carbocycles. The maximum absolute atomic E-state index is 8.36. The summed E-state index contributed by atoms with van der Waals surface area (Å²) >= 11 is 0. The number of nitriles is 1. The highest BCUT2D eigenvalue weighted by Crippen LogP contribution is 2.33. The zero-order valence-electron chi connectivity index (χ0n) is 7.90. The van der Waals surface area contributed by atoms with Gasteiger partial charge in [0.25, 0.3) is 0 Å². The maximum Gasteiger partial charge on any atom is 0.236 e. The minimum absolute atomic E-state index is 0.384. The minimum Gasteiger partial charge on any atom is -0.261 e. The fraction of sp³-hybridized carbons (Fsp3) is 0.500. The third kappa shape index (κ3) is 1.82. The molecule has 1 aromatic heterocycles. The highest BCUT2D eigenvalue weighted by molar-refractivity contribution is 5.30. The molecule has 4 heteroatoms. The molecule has 1 N–H and O–H groups in total. The van der Waals surface area contributed by atoms with E-state index in [-0.39, 0.29) is 0 Å². The van der Waals surface area contributed by atoms with Crippen molar-refractivity contribution < 1.29 is 0 Å². The fourth-order valence-corrected chi connectivity index (χ4v) is 1.92. The number of nitrogens with one attached hydrogen (secondary N) is 1. The lowest BCUT2D eigenvalue weighted by atomic mass is 10.0. The van der Waals surface area contributed by atoms with Crippen molar-refractivity contribution in [1.29, 1.82) is 5.26 Å². The van der Waals surface area contributed by atoms with Gasteiger partial charge in [0, 0.05) is 12.4 Å². The smallest absolute Gasteiger partial charge is 0.236 e. The number of hydrogen-bond acceptors (Lipinski definition) is 4. The minimum atomic E-state index is 0.384. The van der Waals surface area contributed by atoms with Crippen LogP contribution in [0.1, 0.15) is 37.2 Å². The van der Waals surface area contributed by atoms with Crippen LogP contribution in [0.4, 0.5) is 5.95 Å². The maximum atomic E-state index is 8.36. The van der Waals surface area contributed by atoms with E-state index in [1.807, 2.05) is 12.4 Å². The highest BCUT2D eigenvalue weighted by atomic mass is 15.1. The zero-order valence-corrected chi connectivity index (χ0v) is 7.90. The second-order valence-corrected chi connectivity index (χ2v) is 3.56. The lowest BCUT2D eigenvalue weighted by Crippen LogP contribution is -1.99. The number of aromatic nitrogens is 2. The third-order valence-corrected chi connectivity index (χ3v) is 2.67. The van der Waals surface area contributed by atoms with Gasteiger partial charge in [0.05, 0.1) is 0 Å². The van der Waals surface area contributed by atoms with Crippen LogP contribution in [0.2, 0.25) is 0 Å². The summed E-state index contributed by atoms with van der Waals surface area (Å²) in [4.78, 5) is 8.14. The Morgan fingerprint density at radius 1 is 1.29 bits per heavy atom. The number of anilines is 1. The number of nitrogens with zero attached hydrogens (tertiary/aromatic N) is 3. The molecule has 0 spiro atoms. The molecule has 1 aliphatic carbocycles. The normalized spacial score (nSPS) is 16.5. The second-order valence-electron chi connectivity index (χ2n) is 3.56. The van der Waals surface area contributed by atoms with E-state index in [9.17, 15) is 0 Å². The van der Waals surface area contributed by atoms with Crippen LogP contribution in [0.5, 0.6) is 0 Å². The quantitative estimate of drug-likeness (QED) is 0.569. The van der Waals surface area contributed by atoms with Crippen molar-refractivity contribution in [2.75, 3.05) is 5.32 Å². The third-order valence-electron chi connectivity index (χ3n) is 2.67. The molecule has 0 atom stereocenters. The van der Waals surface area contributed by atoms with Crippen molar-refractivity contribution >= 4 is 5.95 Å². The first-order chi connectivity index (χ1) is 6.90. The molecular weight excluding hydrogens is 176 g/mol. The van der Waals surface area contributed by atoms with Gasteiger partial charge in [-0.25, -0.2) is 9.97 Å². The van der Waals surface area contributed by atoms with Crippen molar-refractivity contribution in [2.45, 2.75) is 31.6 Å².